The highest BCUT2D eigenvalue weighted by Gasteiger charge is 2.27. The molecule has 5 heteroatoms. The Balaban J connectivity index is 2.22. The molecule has 1 aromatic rings. The van der Waals surface area contributed by atoms with Crippen LogP contribution in [0.2, 0.25) is 0 Å². The van der Waals surface area contributed by atoms with Crippen LogP contribution in [-0.4, -0.2) is 22.4 Å². The summed E-state index contributed by atoms with van der Waals surface area (Å²) >= 11 is 0. The minimum atomic E-state index is -0.164. The summed E-state index contributed by atoms with van der Waals surface area (Å²) in [7, 11) is 0. The van der Waals surface area contributed by atoms with Gasteiger partial charge >= 0.3 is 5.97 Å². The van der Waals surface area contributed by atoms with Crippen LogP contribution in [0.25, 0.3) is 0 Å². The van der Waals surface area contributed by atoms with Crippen molar-refractivity contribution in [1.29, 1.82) is 0 Å². The fourth-order valence-electron chi connectivity index (χ4n) is 2.32. The lowest BCUT2D eigenvalue weighted by Crippen LogP contribution is -2.30. The molecule has 0 bridgehead atoms. The van der Waals surface area contributed by atoms with E-state index in [-0.39, 0.29) is 17.4 Å². The van der Waals surface area contributed by atoms with Gasteiger partial charge in [0.15, 0.2) is 0 Å². The molecule has 1 aromatic heterocycles. The second-order valence-corrected chi connectivity index (χ2v) is 4.46. The minimum absolute atomic E-state index is 0.0965. The van der Waals surface area contributed by atoms with E-state index in [0.29, 0.717) is 19.6 Å². The van der Waals surface area contributed by atoms with Crippen molar-refractivity contribution >= 4 is 5.97 Å². The van der Waals surface area contributed by atoms with E-state index in [9.17, 15) is 9.59 Å². The van der Waals surface area contributed by atoms with Crippen LogP contribution in [0.3, 0.4) is 0 Å². The highest BCUT2D eigenvalue weighted by Crippen LogP contribution is 2.23. The van der Waals surface area contributed by atoms with E-state index >= 15 is 0 Å². The Morgan fingerprint density at radius 1 is 1.56 bits per heavy atom. The van der Waals surface area contributed by atoms with Gasteiger partial charge in [-0.05, 0) is 38.7 Å². The van der Waals surface area contributed by atoms with Gasteiger partial charge in [0.05, 0.1) is 18.2 Å². The zero-order valence-electron chi connectivity index (χ0n) is 10.8. The van der Waals surface area contributed by atoms with Gasteiger partial charge in [-0.1, -0.05) is 0 Å². The normalized spacial score (nSPS) is 18.2. The Kier molecular flexibility index (Phi) is 3.79. The molecule has 1 unspecified atom stereocenters. The molecule has 0 fully saturated rings. The van der Waals surface area contributed by atoms with E-state index in [2.05, 4.69) is 5.10 Å². The smallest absolute Gasteiger partial charge is 0.309 e. The third-order valence-electron chi connectivity index (χ3n) is 3.28. The minimum Gasteiger partial charge on any atom is -0.466 e. The summed E-state index contributed by atoms with van der Waals surface area (Å²) in [6, 6.07) is 1.61. The molecule has 0 saturated carbocycles. The molecule has 0 aromatic carbocycles. The lowest BCUT2D eigenvalue weighted by molar-refractivity contribution is -0.148. The molecule has 0 saturated heterocycles. The lowest BCUT2D eigenvalue weighted by atomic mass is 9.87. The second-order valence-electron chi connectivity index (χ2n) is 4.46. The van der Waals surface area contributed by atoms with E-state index in [0.717, 1.165) is 24.1 Å². The van der Waals surface area contributed by atoms with E-state index in [1.54, 1.807) is 13.0 Å². The van der Waals surface area contributed by atoms with Crippen molar-refractivity contribution in [3.8, 4) is 0 Å². The third kappa shape index (κ3) is 2.44. The third-order valence-corrected chi connectivity index (χ3v) is 3.28. The summed E-state index contributed by atoms with van der Waals surface area (Å²) in [5.41, 5.74) is 1.74. The van der Waals surface area contributed by atoms with Gasteiger partial charge in [0, 0.05) is 12.6 Å². The topological polar surface area (TPSA) is 61.2 Å². The number of hydrogen-bond acceptors (Lipinski definition) is 4. The van der Waals surface area contributed by atoms with Gasteiger partial charge in [-0.15, -0.1) is 0 Å². The van der Waals surface area contributed by atoms with Crippen molar-refractivity contribution < 1.29 is 9.53 Å². The quantitative estimate of drug-likeness (QED) is 0.749. The van der Waals surface area contributed by atoms with Crippen LogP contribution in [0.1, 0.15) is 31.5 Å². The van der Waals surface area contributed by atoms with Gasteiger partial charge in [0.2, 0.25) is 0 Å². The van der Waals surface area contributed by atoms with Crippen LogP contribution in [0.15, 0.2) is 10.9 Å². The molecule has 0 spiro atoms. The van der Waals surface area contributed by atoms with Gasteiger partial charge in [-0.2, -0.15) is 5.10 Å². The number of ether oxygens (including phenoxy) is 1. The van der Waals surface area contributed by atoms with Crippen LogP contribution >= 0.6 is 0 Å². The van der Waals surface area contributed by atoms with Gasteiger partial charge in [-0.25, -0.2) is 4.68 Å². The van der Waals surface area contributed by atoms with Crippen LogP contribution in [0.5, 0.6) is 0 Å². The highest BCUT2D eigenvalue weighted by molar-refractivity contribution is 5.73. The first-order valence-corrected chi connectivity index (χ1v) is 6.42. The fourth-order valence-corrected chi connectivity index (χ4v) is 2.32. The van der Waals surface area contributed by atoms with Crippen LogP contribution in [-0.2, 0) is 28.9 Å². The maximum atomic E-state index is 11.7. The van der Waals surface area contributed by atoms with Crippen molar-refractivity contribution in [3.63, 3.8) is 0 Å². The van der Waals surface area contributed by atoms with Crippen molar-refractivity contribution in [2.24, 2.45) is 5.92 Å². The van der Waals surface area contributed by atoms with Crippen molar-refractivity contribution in [2.75, 3.05) is 6.61 Å². The van der Waals surface area contributed by atoms with Crippen molar-refractivity contribution in [1.82, 2.24) is 9.78 Å². The maximum absolute atomic E-state index is 11.7. The highest BCUT2D eigenvalue weighted by atomic mass is 16.5. The molecule has 18 heavy (non-hydrogen) atoms. The van der Waals surface area contributed by atoms with E-state index < -0.39 is 0 Å². The summed E-state index contributed by atoms with van der Waals surface area (Å²) in [6.07, 6.45) is 2.06. The summed E-state index contributed by atoms with van der Waals surface area (Å²) in [5.74, 6) is -0.293. The zero-order valence-corrected chi connectivity index (χ0v) is 10.8. The van der Waals surface area contributed by atoms with E-state index in [4.69, 9.17) is 4.74 Å². The molecule has 98 valence electrons. The molecule has 1 atom stereocenters. The fraction of sp³-hybridized carbons (Fsp3) is 0.615. The number of carbonyl (C=O) groups is 1. The average Bonchev–Trinajstić information content (AvgIpc) is 2.37. The second kappa shape index (κ2) is 5.33. The molecule has 2 rings (SSSR count). The Labute approximate surface area is 106 Å². The first kappa shape index (κ1) is 12.8. The van der Waals surface area contributed by atoms with Crippen molar-refractivity contribution in [2.45, 2.75) is 39.7 Å². The molecule has 5 nitrogen and oxygen atoms in total. The molecule has 0 aliphatic heterocycles. The molecule has 1 aliphatic rings. The summed E-state index contributed by atoms with van der Waals surface area (Å²) in [6.45, 7) is 4.67. The van der Waals surface area contributed by atoms with E-state index in [1.807, 2.05) is 6.92 Å². The van der Waals surface area contributed by atoms with Crippen LogP contribution in [0.4, 0.5) is 0 Å². The van der Waals surface area contributed by atoms with Gasteiger partial charge in [-0.3, -0.25) is 9.59 Å². The zero-order chi connectivity index (χ0) is 13.1. The first-order valence-electron chi connectivity index (χ1n) is 6.42. The number of hydrogen-bond donors (Lipinski definition) is 0. The molecule has 1 heterocycles. The molecule has 1 aliphatic carbocycles. The Morgan fingerprint density at radius 2 is 2.33 bits per heavy atom. The van der Waals surface area contributed by atoms with Crippen LogP contribution in [0, 0.1) is 5.92 Å². The summed E-state index contributed by atoms with van der Waals surface area (Å²) in [4.78, 5) is 23.4. The molecule has 0 amide bonds. The Hall–Kier alpha value is -1.65. The number of nitrogens with zero attached hydrogens (tertiary/aromatic N) is 2. The molecular weight excluding hydrogens is 232 g/mol. The monoisotopic (exact) mass is 250 g/mol. The van der Waals surface area contributed by atoms with Crippen LogP contribution < -0.4 is 5.56 Å². The number of fused-ring (bicyclic) bond motifs is 1. The van der Waals surface area contributed by atoms with E-state index in [1.165, 1.54) is 4.68 Å². The number of aromatic nitrogens is 2. The lowest BCUT2D eigenvalue weighted by Gasteiger charge is -2.22. The average molecular weight is 250 g/mol. The SMILES string of the molecule is CCOC(=O)C1CCc2nn(CC)c(=O)cc2C1. The standard InChI is InChI=1S/C13H18N2O3/c1-3-15-12(16)8-10-7-9(13(17)18-4-2)5-6-11(10)14-15/h8-9H,3-7H2,1-2H3. The number of esters is 1. The summed E-state index contributed by atoms with van der Waals surface area (Å²) < 4.78 is 6.49. The first-order chi connectivity index (χ1) is 8.65. The largest absolute Gasteiger partial charge is 0.466 e. The maximum Gasteiger partial charge on any atom is 0.309 e. The van der Waals surface area contributed by atoms with Gasteiger partial charge in [0.25, 0.3) is 5.56 Å². The number of rotatable bonds is 3. The van der Waals surface area contributed by atoms with Crippen molar-refractivity contribution in [3.05, 3.63) is 27.7 Å². The molecule has 0 radical (unpaired) electrons. The Bertz CT molecular complexity index is 507. The molecule has 0 N–H and O–H groups in total. The predicted octanol–water partition coefficient (Wildman–Crippen LogP) is 0.931. The predicted molar refractivity (Wildman–Crippen MR) is 66.3 cm³/mol. The number of carbonyl (C=O) groups excluding carboxylic acids is 1. The summed E-state index contributed by atoms with van der Waals surface area (Å²) in [5, 5.41) is 4.32. The molecular formula is C13H18N2O3. The number of aryl methyl sites for hydroxylation is 2. The van der Waals surface area contributed by atoms with Gasteiger partial charge < -0.3 is 4.74 Å². The Morgan fingerprint density at radius 3 is 3.00 bits per heavy atom. The van der Waals surface area contributed by atoms with Gasteiger partial charge in [0.1, 0.15) is 0 Å².